The van der Waals surface area contributed by atoms with Crippen LogP contribution in [0.15, 0.2) is 48.5 Å². The highest BCUT2D eigenvalue weighted by Gasteiger charge is 2.13. The predicted molar refractivity (Wildman–Crippen MR) is 102 cm³/mol. The molecule has 1 amide bonds. The molecule has 0 saturated carbocycles. The fraction of sp³-hybridized carbons (Fsp3) is 0.278. The lowest BCUT2D eigenvalue weighted by atomic mass is 10.1. The van der Waals surface area contributed by atoms with Crippen LogP contribution in [-0.4, -0.2) is 34.2 Å². The Morgan fingerprint density at radius 2 is 1.84 bits per heavy atom. The quantitative estimate of drug-likeness (QED) is 0.750. The molecule has 0 atom stereocenters. The van der Waals surface area contributed by atoms with Crippen molar-refractivity contribution in [3.05, 3.63) is 64.7 Å². The number of anilines is 1. The lowest BCUT2D eigenvalue weighted by Crippen LogP contribution is -2.27. The molecular weight excluding hydrogens is 360 g/mol. The van der Waals surface area contributed by atoms with Gasteiger partial charge >= 0.3 is 0 Å². The first-order valence-electron chi connectivity index (χ1n) is 7.84. The van der Waals surface area contributed by atoms with Crippen molar-refractivity contribution in [2.75, 3.05) is 24.2 Å². The minimum absolute atomic E-state index is 0.222. The minimum atomic E-state index is -3.36. The van der Waals surface area contributed by atoms with E-state index in [0.717, 1.165) is 29.0 Å². The second-order valence-corrected chi connectivity index (χ2v) is 8.22. The molecule has 0 aliphatic heterocycles. The normalized spacial score (nSPS) is 11.2. The third-order valence-corrected chi connectivity index (χ3v) is 5.27. The van der Waals surface area contributed by atoms with E-state index in [-0.39, 0.29) is 5.91 Å². The molecule has 0 spiro atoms. The molecule has 0 aliphatic rings. The summed E-state index contributed by atoms with van der Waals surface area (Å²) in [4.78, 5) is 12.2. The second kappa shape index (κ2) is 8.36. The Morgan fingerprint density at radius 1 is 1.16 bits per heavy atom. The number of nitrogens with one attached hydrogen (secondary N) is 1. The molecule has 2 rings (SSSR count). The molecule has 0 fully saturated rings. The van der Waals surface area contributed by atoms with E-state index < -0.39 is 10.0 Å². The van der Waals surface area contributed by atoms with Gasteiger partial charge in [0.25, 0.3) is 5.91 Å². The summed E-state index contributed by atoms with van der Waals surface area (Å²) in [6.07, 6.45) is 2.76. The van der Waals surface area contributed by atoms with Gasteiger partial charge in [0.05, 0.1) is 11.9 Å². The molecule has 0 saturated heterocycles. The van der Waals surface area contributed by atoms with Crippen LogP contribution < -0.4 is 9.62 Å². The first-order chi connectivity index (χ1) is 11.8. The van der Waals surface area contributed by atoms with E-state index in [1.54, 1.807) is 24.3 Å². The molecule has 134 valence electrons. The first-order valence-corrected chi connectivity index (χ1v) is 10.1. The van der Waals surface area contributed by atoms with E-state index in [0.29, 0.717) is 22.8 Å². The zero-order valence-electron chi connectivity index (χ0n) is 14.2. The average Bonchev–Trinajstić information content (AvgIpc) is 2.58. The van der Waals surface area contributed by atoms with Crippen LogP contribution in [0.4, 0.5) is 5.69 Å². The number of sulfonamides is 1. The second-order valence-electron chi connectivity index (χ2n) is 5.77. The van der Waals surface area contributed by atoms with Gasteiger partial charge in [-0.1, -0.05) is 29.8 Å². The monoisotopic (exact) mass is 380 g/mol. The number of amides is 1. The van der Waals surface area contributed by atoms with Crippen molar-refractivity contribution in [3.8, 4) is 0 Å². The lowest BCUT2D eigenvalue weighted by molar-refractivity contribution is 0.0953. The van der Waals surface area contributed by atoms with E-state index in [1.807, 2.05) is 24.3 Å². The summed E-state index contributed by atoms with van der Waals surface area (Å²) in [6.45, 7) is 0.535. The van der Waals surface area contributed by atoms with E-state index in [4.69, 9.17) is 11.6 Å². The van der Waals surface area contributed by atoms with Gasteiger partial charge in [-0.3, -0.25) is 9.10 Å². The van der Waals surface area contributed by atoms with Crippen molar-refractivity contribution in [1.82, 2.24) is 5.32 Å². The summed E-state index contributed by atoms with van der Waals surface area (Å²) < 4.78 is 24.3. The van der Waals surface area contributed by atoms with Crippen LogP contribution in [0.2, 0.25) is 5.02 Å². The summed E-state index contributed by atoms with van der Waals surface area (Å²) in [6, 6.07) is 14.2. The van der Waals surface area contributed by atoms with Crippen LogP contribution in [0.25, 0.3) is 0 Å². The third-order valence-electron chi connectivity index (χ3n) is 3.81. The van der Waals surface area contributed by atoms with E-state index in [1.165, 1.54) is 7.05 Å². The number of hydrogen-bond acceptors (Lipinski definition) is 3. The van der Waals surface area contributed by atoms with Gasteiger partial charge in [0.1, 0.15) is 0 Å². The highest BCUT2D eigenvalue weighted by Crippen LogP contribution is 2.17. The molecule has 1 N–H and O–H groups in total. The number of rotatable bonds is 7. The average molecular weight is 381 g/mol. The maximum atomic E-state index is 12.2. The molecule has 2 aromatic carbocycles. The highest BCUT2D eigenvalue weighted by molar-refractivity contribution is 7.92. The van der Waals surface area contributed by atoms with Crippen molar-refractivity contribution >= 4 is 33.2 Å². The summed E-state index contributed by atoms with van der Waals surface area (Å²) in [7, 11) is -1.90. The molecular formula is C18H21ClN2O3S. The van der Waals surface area contributed by atoms with Crippen LogP contribution in [0.1, 0.15) is 22.3 Å². The van der Waals surface area contributed by atoms with Gasteiger partial charge in [-0.05, 0) is 48.7 Å². The van der Waals surface area contributed by atoms with E-state index in [2.05, 4.69) is 5.32 Å². The Bertz CT molecular complexity index is 836. The molecule has 25 heavy (non-hydrogen) atoms. The minimum Gasteiger partial charge on any atom is -0.352 e. The smallest absolute Gasteiger partial charge is 0.251 e. The van der Waals surface area contributed by atoms with Crippen molar-refractivity contribution in [3.63, 3.8) is 0 Å². The van der Waals surface area contributed by atoms with Crippen molar-refractivity contribution in [1.29, 1.82) is 0 Å². The van der Waals surface area contributed by atoms with Gasteiger partial charge in [0.2, 0.25) is 10.0 Å². The molecule has 0 bridgehead atoms. The number of aryl methyl sites for hydroxylation is 1. The molecule has 2 aromatic rings. The van der Waals surface area contributed by atoms with Crippen LogP contribution in [0, 0.1) is 0 Å². The van der Waals surface area contributed by atoms with Gasteiger partial charge in [0, 0.05) is 24.2 Å². The molecule has 0 aliphatic carbocycles. The van der Waals surface area contributed by atoms with Crippen LogP contribution >= 0.6 is 11.6 Å². The Kier molecular flexibility index (Phi) is 6.45. The number of nitrogens with zero attached hydrogens (tertiary/aromatic N) is 1. The van der Waals surface area contributed by atoms with Crippen molar-refractivity contribution < 1.29 is 13.2 Å². The summed E-state index contributed by atoms with van der Waals surface area (Å²) in [5.74, 6) is -0.222. The molecule has 5 nitrogen and oxygen atoms in total. The van der Waals surface area contributed by atoms with E-state index in [9.17, 15) is 13.2 Å². The Morgan fingerprint density at radius 3 is 2.48 bits per heavy atom. The number of carbonyl (C=O) groups is 1. The first kappa shape index (κ1) is 19.3. The summed E-state index contributed by atoms with van der Waals surface area (Å²) in [5, 5.41) is 3.56. The Labute approximate surface area is 153 Å². The maximum Gasteiger partial charge on any atom is 0.251 e. The maximum absolute atomic E-state index is 12.2. The molecule has 0 aromatic heterocycles. The predicted octanol–water partition coefficient (Wildman–Crippen LogP) is 3.10. The molecule has 0 radical (unpaired) electrons. The van der Waals surface area contributed by atoms with Crippen LogP contribution in [0.5, 0.6) is 0 Å². The zero-order chi connectivity index (χ0) is 18.4. The molecule has 7 heteroatoms. The van der Waals surface area contributed by atoms with Crippen molar-refractivity contribution in [2.24, 2.45) is 0 Å². The molecule has 0 unspecified atom stereocenters. The Hall–Kier alpha value is -2.05. The Balaban J connectivity index is 1.89. The number of hydrogen-bond donors (Lipinski definition) is 1. The van der Waals surface area contributed by atoms with Gasteiger partial charge in [0.15, 0.2) is 0 Å². The van der Waals surface area contributed by atoms with Gasteiger partial charge in [-0.2, -0.15) is 0 Å². The SMILES string of the molecule is CN(c1cccc(C(=O)NCCCc2ccc(Cl)cc2)c1)S(C)(=O)=O. The van der Waals surface area contributed by atoms with Gasteiger partial charge in [-0.15, -0.1) is 0 Å². The third kappa shape index (κ3) is 5.76. The highest BCUT2D eigenvalue weighted by atomic mass is 35.5. The summed E-state index contributed by atoms with van der Waals surface area (Å²) in [5.41, 5.74) is 2.05. The topological polar surface area (TPSA) is 66.5 Å². The lowest BCUT2D eigenvalue weighted by Gasteiger charge is -2.17. The number of benzene rings is 2. The largest absolute Gasteiger partial charge is 0.352 e. The van der Waals surface area contributed by atoms with E-state index >= 15 is 0 Å². The van der Waals surface area contributed by atoms with Gasteiger partial charge < -0.3 is 5.32 Å². The summed E-state index contributed by atoms with van der Waals surface area (Å²) >= 11 is 5.85. The zero-order valence-corrected chi connectivity index (χ0v) is 15.8. The molecule has 0 heterocycles. The fourth-order valence-corrected chi connectivity index (χ4v) is 2.90. The number of carbonyl (C=O) groups excluding carboxylic acids is 1. The van der Waals surface area contributed by atoms with Crippen LogP contribution in [-0.2, 0) is 16.4 Å². The van der Waals surface area contributed by atoms with Crippen LogP contribution in [0.3, 0.4) is 0 Å². The fourth-order valence-electron chi connectivity index (χ4n) is 2.28. The van der Waals surface area contributed by atoms with Crippen molar-refractivity contribution in [2.45, 2.75) is 12.8 Å². The number of halogens is 1. The van der Waals surface area contributed by atoms with Gasteiger partial charge in [-0.25, -0.2) is 8.42 Å². The standard InChI is InChI=1S/C18H21ClN2O3S/c1-21(25(2,23)24)17-7-3-6-15(13-17)18(22)20-12-4-5-14-8-10-16(19)11-9-14/h3,6-11,13H,4-5,12H2,1-2H3,(H,20,22).